The Morgan fingerprint density at radius 2 is 1.07 bits per heavy atom. The van der Waals surface area contributed by atoms with Crippen LogP contribution in [0.4, 0.5) is 5.69 Å². The van der Waals surface area contributed by atoms with Gasteiger partial charge in [0.15, 0.2) is 11.6 Å². The number of ether oxygens (including phenoxy) is 2. The van der Waals surface area contributed by atoms with Gasteiger partial charge in [-0.1, -0.05) is 162 Å². The van der Waals surface area contributed by atoms with Crippen LogP contribution in [0.5, 0.6) is 11.5 Å². The minimum Gasteiger partial charge on any atom is -0.492 e. The zero-order chi connectivity index (χ0) is 54.4. The summed E-state index contributed by atoms with van der Waals surface area (Å²) >= 11 is 6.26. The Labute approximate surface area is 499 Å². The van der Waals surface area contributed by atoms with Crippen LogP contribution in [0, 0.1) is 0 Å². The van der Waals surface area contributed by atoms with Crippen molar-refractivity contribution in [1.29, 1.82) is 0 Å². The van der Waals surface area contributed by atoms with Crippen molar-refractivity contribution < 1.29 is 58.0 Å². The van der Waals surface area contributed by atoms with E-state index in [9.17, 15) is 14.4 Å². The zero-order valence-electron chi connectivity index (χ0n) is 44.4. The molecular formula is C65H61ClFe2N8O5+4. The number of carbonyl (C=O) groups is 3. The number of amides is 1. The minimum atomic E-state index is -0.577. The fourth-order valence-electron chi connectivity index (χ4n) is 8.91. The molecule has 11 rings (SSSR count). The van der Waals surface area contributed by atoms with Crippen LogP contribution in [0.3, 0.4) is 0 Å². The number of hydrogen-bond donors (Lipinski definition) is 0. The molecule has 4 aromatic carbocycles. The van der Waals surface area contributed by atoms with Crippen LogP contribution in [0.25, 0.3) is 6.08 Å². The van der Waals surface area contributed by atoms with Crippen molar-refractivity contribution in [2.75, 3.05) is 18.1 Å². The number of nitrogens with zero attached hydrogens (tertiary/aromatic N) is 8. The van der Waals surface area contributed by atoms with Gasteiger partial charge in [-0.25, -0.2) is 9.36 Å². The number of halogens is 1. The predicted octanol–water partition coefficient (Wildman–Crippen LogP) is 12.4. The molecule has 6 aromatic rings. The van der Waals surface area contributed by atoms with Crippen molar-refractivity contribution >= 4 is 40.8 Å². The van der Waals surface area contributed by atoms with Crippen molar-refractivity contribution in [3.05, 3.63) is 275 Å². The van der Waals surface area contributed by atoms with Gasteiger partial charge in [0.05, 0.1) is 30.5 Å². The van der Waals surface area contributed by atoms with Crippen LogP contribution < -0.4 is 14.4 Å². The third kappa shape index (κ3) is 18.3. The van der Waals surface area contributed by atoms with E-state index in [4.69, 9.17) is 21.1 Å². The maximum atomic E-state index is 14.4. The molecule has 2 atom stereocenters. The number of β-lactam (4-membered cyclic amide) rings is 1. The summed E-state index contributed by atoms with van der Waals surface area (Å²) in [6.45, 7) is 2.05. The Kier molecular flexibility index (Phi) is 23.7. The van der Waals surface area contributed by atoms with Crippen molar-refractivity contribution in [1.82, 2.24) is 34.9 Å². The molecule has 0 radical (unpaired) electrons. The monoisotopic (exact) mass is 1180 g/mol. The molecule has 0 bridgehead atoms. The maximum absolute atomic E-state index is 14.4. The molecule has 4 aliphatic carbocycles. The van der Waals surface area contributed by atoms with Gasteiger partial charge in [-0.2, -0.15) is 0 Å². The molecule has 0 saturated carbocycles. The molecule has 16 heteroatoms. The Bertz CT molecular complexity index is 3200. The number of anilines is 1. The van der Waals surface area contributed by atoms with Gasteiger partial charge in [-0.05, 0) is 127 Å². The van der Waals surface area contributed by atoms with Gasteiger partial charge in [0.2, 0.25) is 5.91 Å². The molecule has 13 nitrogen and oxygen atoms in total. The summed E-state index contributed by atoms with van der Waals surface area (Å²) in [6.07, 6.45) is 47.6. The average molecular weight is 1180 g/mol. The smallest absolute Gasteiger partial charge is 0.492 e. The minimum absolute atomic E-state index is 0. The molecule has 410 valence electrons. The van der Waals surface area contributed by atoms with E-state index in [1.165, 1.54) is 0 Å². The molecular weight excluding hydrogens is 1120 g/mol. The molecule has 5 aliphatic rings. The predicted molar refractivity (Wildman–Crippen MR) is 312 cm³/mol. The summed E-state index contributed by atoms with van der Waals surface area (Å²) in [5.41, 5.74) is 6.28. The molecule has 0 N–H and O–H groups in total. The Hall–Kier alpha value is -8.00. The SMILES string of the molecule is C1=CCC=C1.C1=CCC=C1.O=C(/C=C/C1=CCC=C1)c1ccc(OCCn2cc(CN(Cc3cn(CCOc4ccc(C(=O)/C=C/C5=CCC=C5)cc4)nn3)[C@@H]3C(=O)N(c4ccc(Cl)cc4)[C@@H]3/C=C/c3ccccc3)nn2)cc1.[Fe+2].[Fe+2]. The molecule has 1 saturated heterocycles. The van der Waals surface area contributed by atoms with E-state index in [0.717, 1.165) is 48.1 Å². The topological polar surface area (TPSA) is 138 Å². The van der Waals surface area contributed by atoms with E-state index in [0.29, 0.717) is 65.3 Å². The third-order valence-corrected chi connectivity index (χ3v) is 13.3. The van der Waals surface area contributed by atoms with Crippen LogP contribution in [-0.4, -0.2) is 77.7 Å². The standard InChI is InChI=1S/C55H49ClN8O5.2C5H6.2Fe/c56-45-21-23-48(24-22-45)64-51(29-14-40-8-2-1-3-9-40)54(55(64)67)61(36-46-38-62(59-57-46)32-34-68-49-25-17-43(18-26-49)52(65)30-15-41-10-4-5-11-41)37-47-39-63(60-58-47)33-35-69-50-27-19-44(20-28-50)53(66)31-16-42-12-6-7-13-42;2*1-2-4-5-3-1;;/h1-4,6,8-31,38-39,51,54H,5,7,32-37H2;2*1-4H,5H2;;/q;;;2*+2/b29-14+,30-15+,31-16+;;;;/t51-,54+;;;;/m1..../s1. The largest absolute Gasteiger partial charge is 2.00 e. The van der Waals surface area contributed by atoms with E-state index in [-0.39, 0.29) is 70.7 Å². The molecule has 1 aliphatic heterocycles. The summed E-state index contributed by atoms with van der Waals surface area (Å²) in [6, 6.07) is 30.5. The summed E-state index contributed by atoms with van der Waals surface area (Å²) < 4.78 is 15.4. The zero-order valence-corrected chi connectivity index (χ0v) is 47.4. The van der Waals surface area contributed by atoms with Crippen LogP contribution in [0.15, 0.2) is 242 Å². The average Bonchev–Trinajstić information content (AvgIpc) is 4.45. The molecule has 2 aromatic heterocycles. The Balaban J connectivity index is 0.000000712. The third-order valence-electron chi connectivity index (χ3n) is 13.0. The van der Waals surface area contributed by atoms with Crippen LogP contribution in [0.1, 0.15) is 63.4 Å². The van der Waals surface area contributed by atoms with Gasteiger partial charge >= 0.3 is 34.1 Å². The summed E-state index contributed by atoms with van der Waals surface area (Å²) in [5.74, 6) is 1.03. The molecule has 81 heavy (non-hydrogen) atoms. The Morgan fingerprint density at radius 1 is 0.593 bits per heavy atom. The first kappa shape index (κ1) is 60.6. The van der Waals surface area contributed by atoms with Gasteiger partial charge < -0.3 is 14.4 Å². The summed E-state index contributed by atoms with van der Waals surface area (Å²) in [5, 5.41) is 18.4. The van der Waals surface area contributed by atoms with Crippen molar-refractivity contribution in [2.45, 2.75) is 63.9 Å². The van der Waals surface area contributed by atoms with Crippen LogP contribution >= 0.6 is 11.6 Å². The number of hydrogen-bond acceptors (Lipinski definition) is 10. The van der Waals surface area contributed by atoms with Crippen molar-refractivity contribution in [3.8, 4) is 11.5 Å². The first-order valence-corrected chi connectivity index (χ1v) is 26.8. The maximum Gasteiger partial charge on any atom is 2.00 e. The number of allylic oxidation sites excluding steroid dienone is 20. The number of aromatic nitrogens is 6. The number of benzene rings is 4. The van der Waals surface area contributed by atoms with E-state index >= 15 is 0 Å². The Morgan fingerprint density at radius 3 is 1.51 bits per heavy atom. The molecule has 0 unspecified atom stereocenters. The van der Waals surface area contributed by atoms with E-state index in [1.807, 2.05) is 85.2 Å². The van der Waals surface area contributed by atoms with Gasteiger partial charge in [-0.15, -0.1) is 10.2 Å². The quantitative estimate of drug-likeness (QED) is 0.0279. The molecule has 1 fully saturated rings. The van der Waals surface area contributed by atoms with E-state index in [2.05, 4.69) is 105 Å². The summed E-state index contributed by atoms with van der Waals surface area (Å²) in [7, 11) is 0. The van der Waals surface area contributed by atoms with E-state index < -0.39 is 6.04 Å². The second kappa shape index (κ2) is 31.7. The molecule has 3 heterocycles. The fraction of sp³-hybridized carbons (Fsp3) is 0.185. The van der Waals surface area contributed by atoms with Gasteiger partial charge in [0.1, 0.15) is 30.8 Å². The number of ketones is 2. The first-order chi connectivity index (χ1) is 38.8. The van der Waals surface area contributed by atoms with Crippen molar-refractivity contribution in [2.24, 2.45) is 0 Å². The van der Waals surface area contributed by atoms with Gasteiger partial charge in [0.25, 0.3) is 0 Å². The molecule has 1 amide bonds. The van der Waals surface area contributed by atoms with E-state index in [1.54, 1.807) is 87.1 Å². The van der Waals surface area contributed by atoms with Gasteiger partial charge in [-0.3, -0.25) is 19.3 Å². The second-order valence-electron chi connectivity index (χ2n) is 18.8. The van der Waals surface area contributed by atoms with Gasteiger partial charge in [0, 0.05) is 47.3 Å². The fourth-order valence-corrected chi connectivity index (χ4v) is 9.03. The second-order valence-corrected chi connectivity index (χ2v) is 19.2. The van der Waals surface area contributed by atoms with Crippen LogP contribution in [0.2, 0.25) is 5.02 Å². The number of rotatable bonds is 22. The molecule has 0 spiro atoms. The normalized spacial score (nSPS) is 16.3. The number of carbonyl (C=O) groups excluding carboxylic acids is 3. The summed E-state index contributed by atoms with van der Waals surface area (Å²) in [4.78, 5) is 43.6. The first-order valence-electron chi connectivity index (χ1n) is 26.4. The van der Waals surface area contributed by atoms with Crippen LogP contribution in [-0.2, 0) is 65.1 Å². The van der Waals surface area contributed by atoms with Crippen molar-refractivity contribution in [3.63, 3.8) is 0 Å².